The second-order valence-corrected chi connectivity index (χ2v) is 3.72. The highest BCUT2D eigenvalue weighted by molar-refractivity contribution is 4.98. The Bertz CT molecular complexity index is 207. The standard InChI is InChI=1S/C9H17N3O/c13-11-9-5-2-1-3-7-12(9)8-4-6-10-9/h3,7,10-11,13H,1-2,4-6,8H2. The van der Waals surface area contributed by atoms with Gasteiger partial charge in [0.05, 0.1) is 0 Å². The van der Waals surface area contributed by atoms with Crippen LogP contribution in [-0.2, 0) is 0 Å². The van der Waals surface area contributed by atoms with Crippen molar-refractivity contribution in [2.75, 3.05) is 13.1 Å². The van der Waals surface area contributed by atoms with Crippen LogP contribution in [0.25, 0.3) is 0 Å². The zero-order valence-corrected chi connectivity index (χ0v) is 7.79. The molecular weight excluding hydrogens is 166 g/mol. The predicted molar refractivity (Wildman–Crippen MR) is 50.0 cm³/mol. The molecule has 2 aliphatic heterocycles. The van der Waals surface area contributed by atoms with E-state index in [1.54, 1.807) is 0 Å². The molecule has 2 heterocycles. The number of nitrogens with one attached hydrogen (secondary N) is 2. The fraction of sp³-hybridized carbons (Fsp3) is 0.778. The van der Waals surface area contributed by atoms with Crippen LogP contribution < -0.4 is 10.8 Å². The van der Waals surface area contributed by atoms with Crippen LogP contribution in [0.1, 0.15) is 25.7 Å². The molecule has 0 bridgehead atoms. The third-order valence-electron chi connectivity index (χ3n) is 2.86. The van der Waals surface area contributed by atoms with Gasteiger partial charge in [0.2, 0.25) is 0 Å². The largest absolute Gasteiger partial charge is 0.346 e. The van der Waals surface area contributed by atoms with Crippen LogP contribution in [0, 0.1) is 0 Å². The number of allylic oxidation sites excluding steroid dienone is 1. The smallest absolute Gasteiger partial charge is 0.167 e. The molecule has 0 aliphatic carbocycles. The number of hydrogen-bond donors (Lipinski definition) is 3. The summed E-state index contributed by atoms with van der Waals surface area (Å²) >= 11 is 0. The number of hydroxylamine groups is 1. The number of fused-ring (bicyclic) bond motifs is 1. The SMILES string of the molecule is ONC12CCCC=CN1CCCN2. The van der Waals surface area contributed by atoms with Crippen molar-refractivity contribution in [3.05, 3.63) is 12.3 Å². The van der Waals surface area contributed by atoms with Crippen molar-refractivity contribution in [2.24, 2.45) is 0 Å². The van der Waals surface area contributed by atoms with Gasteiger partial charge in [0.1, 0.15) is 0 Å². The van der Waals surface area contributed by atoms with Crippen molar-refractivity contribution in [1.29, 1.82) is 0 Å². The molecule has 0 aromatic rings. The summed E-state index contributed by atoms with van der Waals surface area (Å²) in [5.41, 5.74) is 2.42. The number of nitrogens with zero attached hydrogens (tertiary/aromatic N) is 1. The summed E-state index contributed by atoms with van der Waals surface area (Å²) in [6.45, 7) is 1.98. The Morgan fingerprint density at radius 3 is 3.23 bits per heavy atom. The van der Waals surface area contributed by atoms with Gasteiger partial charge in [0.25, 0.3) is 0 Å². The Morgan fingerprint density at radius 2 is 2.38 bits per heavy atom. The molecule has 0 spiro atoms. The molecule has 4 nitrogen and oxygen atoms in total. The molecule has 13 heavy (non-hydrogen) atoms. The van der Waals surface area contributed by atoms with Crippen LogP contribution in [0.2, 0.25) is 0 Å². The molecule has 0 radical (unpaired) electrons. The van der Waals surface area contributed by atoms with E-state index < -0.39 is 5.79 Å². The maximum atomic E-state index is 9.21. The molecule has 0 saturated carbocycles. The quantitative estimate of drug-likeness (QED) is 0.521. The summed E-state index contributed by atoms with van der Waals surface area (Å²) in [4.78, 5) is 2.16. The van der Waals surface area contributed by atoms with E-state index in [1.807, 2.05) is 0 Å². The highest BCUT2D eigenvalue weighted by Crippen LogP contribution is 2.23. The van der Waals surface area contributed by atoms with Gasteiger partial charge in [-0.25, -0.2) is 0 Å². The molecular formula is C9H17N3O. The lowest BCUT2D eigenvalue weighted by Gasteiger charge is -2.45. The van der Waals surface area contributed by atoms with Crippen molar-refractivity contribution in [3.63, 3.8) is 0 Å². The first-order valence-electron chi connectivity index (χ1n) is 4.97. The molecule has 1 saturated heterocycles. The molecule has 1 atom stereocenters. The third-order valence-corrected chi connectivity index (χ3v) is 2.86. The topological polar surface area (TPSA) is 47.5 Å². The van der Waals surface area contributed by atoms with Gasteiger partial charge in [-0.2, -0.15) is 5.48 Å². The number of rotatable bonds is 1. The first-order valence-corrected chi connectivity index (χ1v) is 4.97. The van der Waals surface area contributed by atoms with Crippen molar-refractivity contribution in [2.45, 2.75) is 31.5 Å². The van der Waals surface area contributed by atoms with Gasteiger partial charge < -0.3 is 10.1 Å². The first kappa shape index (κ1) is 8.99. The molecule has 2 aliphatic rings. The Morgan fingerprint density at radius 1 is 1.46 bits per heavy atom. The van der Waals surface area contributed by atoms with Crippen molar-refractivity contribution >= 4 is 0 Å². The summed E-state index contributed by atoms with van der Waals surface area (Å²) in [6.07, 6.45) is 8.54. The van der Waals surface area contributed by atoms with Gasteiger partial charge in [0, 0.05) is 19.5 Å². The van der Waals surface area contributed by atoms with Crippen LogP contribution in [-0.4, -0.2) is 29.0 Å². The molecule has 1 fully saturated rings. The van der Waals surface area contributed by atoms with E-state index in [0.29, 0.717) is 0 Å². The zero-order valence-electron chi connectivity index (χ0n) is 7.79. The van der Waals surface area contributed by atoms with Crippen molar-refractivity contribution in [3.8, 4) is 0 Å². The van der Waals surface area contributed by atoms with E-state index >= 15 is 0 Å². The fourth-order valence-corrected chi connectivity index (χ4v) is 2.11. The first-order chi connectivity index (χ1) is 6.37. The minimum atomic E-state index is -0.398. The Kier molecular flexibility index (Phi) is 2.53. The fourth-order valence-electron chi connectivity index (χ4n) is 2.11. The van der Waals surface area contributed by atoms with Crippen LogP contribution in [0.4, 0.5) is 0 Å². The molecule has 74 valence electrons. The summed E-state index contributed by atoms with van der Waals surface area (Å²) in [6, 6.07) is 0. The van der Waals surface area contributed by atoms with E-state index in [1.165, 1.54) is 0 Å². The van der Waals surface area contributed by atoms with E-state index in [-0.39, 0.29) is 0 Å². The van der Waals surface area contributed by atoms with Gasteiger partial charge in [-0.05, 0) is 25.5 Å². The minimum Gasteiger partial charge on any atom is -0.346 e. The molecule has 2 rings (SSSR count). The van der Waals surface area contributed by atoms with Gasteiger partial charge in [-0.3, -0.25) is 5.32 Å². The average Bonchev–Trinajstić information content (AvgIpc) is 2.40. The lowest BCUT2D eigenvalue weighted by atomic mass is 10.1. The van der Waals surface area contributed by atoms with Crippen LogP contribution >= 0.6 is 0 Å². The Hall–Kier alpha value is -0.580. The molecule has 4 heteroatoms. The summed E-state index contributed by atoms with van der Waals surface area (Å²) in [5, 5.41) is 12.6. The van der Waals surface area contributed by atoms with Gasteiger partial charge in [0.15, 0.2) is 5.79 Å². The molecule has 0 aromatic carbocycles. The van der Waals surface area contributed by atoms with Crippen LogP contribution in [0.5, 0.6) is 0 Å². The minimum absolute atomic E-state index is 0.398. The summed E-state index contributed by atoms with van der Waals surface area (Å²) < 4.78 is 0. The summed E-state index contributed by atoms with van der Waals surface area (Å²) in [5.74, 6) is -0.398. The monoisotopic (exact) mass is 183 g/mol. The lowest BCUT2D eigenvalue weighted by molar-refractivity contribution is -0.0699. The highest BCUT2D eigenvalue weighted by atomic mass is 16.5. The molecule has 0 amide bonds. The normalized spacial score (nSPS) is 34.1. The van der Waals surface area contributed by atoms with Gasteiger partial charge in [-0.15, -0.1) is 0 Å². The van der Waals surface area contributed by atoms with Crippen LogP contribution in [0.15, 0.2) is 12.3 Å². The second kappa shape index (κ2) is 3.65. The molecule has 0 aromatic heterocycles. The predicted octanol–water partition coefficient (Wildman–Crippen LogP) is 0.612. The van der Waals surface area contributed by atoms with Crippen LogP contribution in [0.3, 0.4) is 0 Å². The Labute approximate surface area is 78.6 Å². The molecule has 3 N–H and O–H groups in total. The maximum absolute atomic E-state index is 9.21. The third kappa shape index (κ3) is 1.57. The highest BCUT2D eigenvalue weighted by Gasteiger charge is 2.36. The summed E-state index contributed by atoms with van der Waals surface area (Å²) in [7, 11) is 0. The number of hydrogen-bond acceptors (Lipinski definition) is 4. The Balaban J connectivity index is 2.18. The van der Waals surface area contributed by atoms with E-state index in [2.05, 4.69) is 28.0 Å². The lowest BCUT2D eigenvalue weighted by Crippen LogP contribution is -2.68. The zero-order chi connectivity index (χ0) is 9.15. The average molecular weight is 183 g/mol. The van der Waals surface area contributed by atoms with E-state index in [9.17, 15) is 5.21 Å². The van der Waals surface area contributed by atoms with Crippen molar-refractivity contribution in [1.82, 2.24) is 15.7 Å². The molecule has 1 unspecified atom stereocenters. The second-order valence-electron chi connectivity index (χ2n) is 3.72. The van der Waals surface area contributed by atoms with E-state index in [4.69, 9.17) is 0 Å². The maximum Gasteiger partial charge on any atom is 0.167 e. The van der Waals surface area contributed by atoms with Gasteiger partial charge in [-0.1, -0.05) is 6.08 Å². The van der Waals surface area contributed by atoms with E-state index in [0.717, 1.165) is 38.8 Å². The van der Waals surface area contributed by atoms with Gasteiger partial charge >= 0.3 is 0 Å². The van der Waals surface area contributed by atoms with Crippen molar-refractivity contribution < 1.29 is 5.21 Å².